The van der Waals surface area contributed by atoms with E-state index in [0.717, 1.165) is 72.4 Å². The van der Waals surface area contributed by atoms with Crippen molar-refractivity contribution in [2.24, 2.45) is 0 Å². The number of aliphatic hydroxyl groups is 1. The van der Waals surface area contributed by atoms with Gasteiger partial charge in [0.25, 0.3) is 5.91 Å². The van der Waals surface area contributed by atoms with Crippen LogP contribution in [0, 0.1) is 0 Å². The second-order valence-corrected chi connectivity index (χ2v) is 11.0. The zero-order valence-corrected chi connectivity index (χ0v) is 22.9. The van der Waals surface area contributed by atoms with Crippen LogP contribution in [0.1, 0.15) is 16.8 Å². The largest absolute Gasteiger partial charge is 0.391 e. The molecule has 0 spiro atoms. The van der Waals surface area contributed by atoms with Gasteiger partial charge in [-0.3, -0.25) is 4.79 Å². The number of nitrogens with zero attached hydrogens (tertiary/aromatic N) is 5. The fourth-order valence-corrected chi connectivity index (χ4v) is 5.68. The van der Waals surface area contributed by atoms with Crippen molar-refractivity contribution < 1.29 is 9.90 Å². The second-order valence-electron chi connectivity index (χ2n) is 11.0. The maximum atomic E-state index is 12.3. The number of amides is 1. The SMILES string of the molecule is CN1CCN(c2ccc(-c3cnc4[nH]cc(-c5ccc(C(=O)N(C)C)cc5)c4c3)cc2N2CCC(O)C2)CC1. The zero-order chi connectivity index (χ0) is 27.1. The normalized spacial score (nSPS) is 18.2. The predicted octanol–water partition coefficient (Wildman–Crippen LogP) is 3.92. The van der Waals surface area contributed by atoms with E-state index in [1.165, 1.54) is 11.4 Å². The summed E-state index contributed by atoms with van der Waals surface area (Å²) >= 11 is 0. The van der Waals surface area contributed by atoms with Crippen LogP contribution in [0.2, 0.25) is 0 Å². The van der Waals surface area contributed by atoms with E-state index in [1.807, 2.05) is 36.7 Å². The Morgan fingerprint density at radius 3 is 2.36 bits per heavy atom. The van der Waals surface area contributed by atoms with Crippen LogP contribution in [0.25, 0.3) is 33.3 Å². The number of β-amino-alcohol motifs (C(OH)–C–C–N with tert-alkyl or cyclic N) is 1. The summed E-state index contributed by atoms with van der Waals surface area (Å²) in [6, 6.07) is 16.6. The first-order valence-electron chi connectivity index (χ1n) is 13.7. The van der Waals surface area contributed by atoms with Crippen molar-refractivity contribution >= 4 is 28.3 Å². The van der Waals surface area contributed by atoms with Gasteiger partial charge in [0.15, 0.2) is 0 Å². The number of H-pyrrole nitrogens is 1. The van der Waals surface area contributed by atoms with Crippen LogP contribution < -0.4 is 9.80 Å². The number of fused-ring (bicyclic) bond motifs is 1. The molecule has 2 aliphatic heterocycles. The molecule has 8 heteroatoms. The van der Waals surface area contributed by atoms with E-state index < -0.39 is 0 Å². The summed E-state index contributed by atoms with van der Waals surface area (Å²) in [6.07, 6.45) is 4.42. The van der Waals surface area contributed by atoms with Gasteiger partial charge < -0.3 is 29.7 Å². The molecule has 0 saturated carbocycles. The number of aromatic nitrogens is 2. The molecule has 6 rings (SSSR count). The van der Waals surface area contributed by atoms with Gasteiger partial charge >= 0.3 is 0 Å². The molecule has 1 atom stereocenters. The van der Waals surface area contributed by atoms with Gasteiger partial charge in [0.2, 0.25) is 0 Å². The van der Waals surface area contributed by atoms with Crippen LogP contribution in [0.3, 0.4) is 0 Å². The summed E-state index contributed by atoms with van der Waals surface area (Å²) in [4.78, 5) is 29.1. The number of carbonyl (C=O) groups is 1. The smallest absolute Gasteiger partial charge is 0.253 e. The average Bonchev–Trinajstić information content (AvgIpc) is 3.59. The van der Waals surface area contributed by atoms with Gasteiger partial charge in [0, 0.05) is 87.8 Å². The molecule has 2 N–H and O–H groups in total. The molecule has 0 aliphatic carbocycles. The minimum atomic E-state index is -0.283. The second kappa shape index (κ2) is 10.4. The summed E-state index contributed by atoms with van der Waals surface area (Å²) in [5.74, 6) is -0.00854. The topological polar surface area (TPSA) is 78.9 Å². The van der Waals surface area contributed by atoms with Crippen molar-refractivity contribution in [3.8, 4) is 22.3 Å². The molecule has 4 aromatic rings. The summed E-state index contributed by atoms with van der Waals surface area (Å²) in [5.41, 5.74) is 8.18. The molecule has 8 nitrogen and oxygen atoms in total. The number of carbonyl (C=O) groups excluding carboxylic acids is 1. The van der Waals surface area contributed by atoms with Crippen LogP contribution in [0.15, 0.2) is 60.9 Å². The lowest BCUT2D eigenvalue weighted by atomic mass is 10.00. The number of rotatable bonds is 5. The molecular formula is C31H36N6O2. The molecule has 2 aromatic heterocycles. The van der Waals surface area contributed by atoms with Crippen molar-refractivity contribution in [3.05, 3.63) is 66.5 Å². The summed E-state index contributed by atoms with van der Waals surface area (Å²) in [6.45, 7) is 5.61. The number of nitrogens with one attached hydrogen (secondary N) is 1. The predicted molar refractivity (Wildman–Crippen MR) is 158 cm³/mol. The average molecular weight is 525 g/mol. The maximum absolute atomic E-state index is 12.3. The van der Waals surface area contributed by atoms with Gasteiger partial charge in [-0.25, -0.2) is 4.98 Å². The monoisotopic (exact) mass is 524 g/mol. The molecule has 2 fully saturated rings. The van der Waals surface area contributed by atoms with Crippen molar-refractivity contribution in [2.45, 2.75) is 12.5 Å². The van der Waals surface area contributed by atoms with Crippen molar-refractivity contribution in [1.82, 2.24) is 19.8 Å². The quantitative estimate of drug-likeness (QED) is 0.412. The number of pyridine rings is 1. The van der Waals surface area contributed by atoms with E-state index in [4.69, 9.17) is 4.98 Å². The molecule has 1 amide bonds. The van der Waals surface area contributed by atoms with Gasteiger partial charge in [-0.2, -0.15) is 0 Å². The van der Waals surface area contributed by atoms with E-state index in [0.29, 0.717) is 12.1 Å². The number of anilines is 2. The Bertz CT molecular complexity index is 1490. The minimum absolute atomic E-state index is 0.00854. The molecule has 39 heavy (non-hydrogen) atoms. The fourth-order valence-electron chi connectivity index (χ4n) is 5.68. The van der Waals surface area contributed by atoms with Gasteiger partial charge in [-0.05, 0) is 54.9 Å². The number of aromatic amines is 1. The highest BCUT2D eigenvalue weighted by Crippen LogP contribution is 2.38. The van der Waals surface area contributed by atoms with Crippen molar-refractivity contribution in [3.63, 3.8) is 0 Å². The standard InChI is InChI=1S/C31H36N6O2/c1-34(2)31(39)22-6-4-21(5-7-22)27-19-33-30-26(27)16-24(18-32-30)23-8-9-28(36-14-12-35(3)13-15-36)29(17-23)37-11-10-25(38)20-37/h4-9,16-19,25,38H,10-15,20H2,1-3H3,(H,32,33). The highest BCUT2D eigenvalue weighted by molar-refractivity contribution is 5.98. The third-order valence-corrected chi connectivity index (χ3v) is 8.04. The highest BCUT2D eigenvalue weighted by Gasteiger charge is 2.26. The number of benzene rings is 2. The molecule has 202 valence electrons. The molecule has 1 unspecified atom stereocenters. The van der Waals surface area contributed by atoms with E-state index in [-0.39, 0.29) is 12.0 Å². The lowest BCUT2D eigenvalue weighted by Crippen LogP contribution is -2.45. The van der Waals surface area contributed by atoms with Gasteiger partial charge in [-0.15, -0.1) is 0 Å². The maximum Gasteiger partial charge on any atom is 0.253 e. The molecule has 4 heterocycles. The lowest BCUT2D eigenvalue weighted by molar-refractivity contribution is 0.0827. The lowest BCUT2D eigenvalue weighted by Gasteiger charge is -2.36. The summed E-state index contributed by atoms with van der Waals surface area (Å²) in [5, 5.41) is 11.3. The van der Waals surface area contributed by atoms with E-state index in [2.05, 4.69) is 51.0 Å². The molecule has 2 aromatic carbocycles. The molecule has 0 radical (unpaired) electrons. The van der Waals surface area contributed by atoms with E-state index >= 15 is 0 Å². The Labute approximate surface area is 229 Å². The minimum Gasteiger partial charge on any atom is -0.391 e. The summed E-state index contributed by atoms with van der Waals surface area (Å²) in [7, 11) is 5.70. The molecule has 2 saturated heterocycles. The van der Waals surface area contributed by atoms with Gasteiger partial charge in [0.1, 0.15) is 5.65 Å². The molecule has 0 bridgehead atoms. The van der Waals surface area contributed by atoms with Crippen molar-refractivity contribution in [2.75, 3.05) is 70.2 Å². The summed E-state index contributed by atoms with van der Waals surface area (Å²) < 4.78 is 0. The number of aliphatic hydroxyl groups excluding tert-OH is 1. The Balaban J connectivity index is 1.36. The van der Waals surface area contributed by atoms with Crippen LogP contribution >= 0.6 is 0 Å². The van der Waals surface area contributed by atoms with Gasteiger partial charge in [0.05, 0.1) is 17.5 Å². The number of hydrogen-bond donors (Lipinski definition) is 2. The number of likely N-dealkylation sites (N-methyl/N-ethyl adjacent to an activating group) is 1. The number of piperazine rings is 1. The third-order valence-electron chi connectivity index (χ3n) is 8.04. The van der Waals surface area contributed by atoms with Crippen LogP contribution in [-0.2, 0) is 0 Å². The third kappa shape index (κ3) is 4.97. The van der Waals surface area contributed by atoms with E-state index in [9.17, 15) is 9.90 Å². The van der Waals surface area contributed by atoms with Crippen LogP contribution in [0.5, 0.6) is 0 Å². The Morgan fingerprint density at radius 2 is 1.67 bits per heavy atom. The van der Waals surface area contributed by atoms with Crippen molar-refractivity contribution in [1.29, 1.82) is 0 Å². The Hall–Kier alpha value is -3.88. The van der Waals surface area contributed by atoms with Crippen LogP contribution in [-0.4, -0.2) is 97.3 Å². The fraction of sp³-hybridized carbons (Fsp3) is 0.355. The highest BCUT2D eigenvalue weighted by atomic mass is 16.3. The Morgan fingerprint density at radius 1 is 0.923 bits per heavy atom. The zero-order valence-electron chi connectivity index (χ0n) is 22.9. The first kappa shape index (κ1) is 25.4. The number of hydrogen-bond acceptors (Lipinski definition) is 6. The Kier molecular flexibility index (Phi) is 6.74. The van der Waals surface area contributed by atoms with Crippen LogP contribution in [0.4, 0.5) is 11.4 Å². The van der Waals surface area contributed by atoms with Gasteiger partial charge in [-0.1, -0.05) is 18.2 Å². The first-order valence-corrected chi connectivity index (χ1v) is 13.7. The molecule has 2 aliphatic rings. The molecular weight excluding hydrogens is 488 g/mol. The van der Waals surface area contributed by atoms with E-state index in [1.54, 1.807) is 19.0 Å². The first-order chi connectivity index (χ1) is 18.9.